The van der Waals surface area contributed by atoms with E-state index in [9.17, 15) is 16.8 Å². The number of unbranched alkanes of at least 4 members (excludes halogenated alkanes) is 1. The third-order valence-corrected chi connectivity index (χ3v) is 8.55. The van der Waals surface area contributed by atoms with Gasteiger partial charge in [-0.2, -0.15) is 4.31 Å². The Morgan fingerprint density at radius 2 is 2.17 bits per heavy atom. The molecule has 1 aromatic rings. The van der Waals surface area contributed by atoms with Crippen LogP contribution in [-0.2, 0) is 20.0 Å². The Morgan fingerprint density at radius 1 is 1.48 bits per heavy atom. The van der Waals surface area contributed by atoms with E-state index in [1.165, 1.54) is 10.4 Å². The number of rotatable bonds is 7. The molecular formula is C12H21N3O5S3. The van der Waals surface area contributed by atoms with Gasteiger partial charge in [0, 0.05) is 31.3 Å². The van der Waals surface area contributed by atoms with Crippen molar-refractivity contribution < 1.29 is 21.9 Å². The highest BCUT2D eigenvalue weighted by Crippen LogP contribution is 2.39. The number of primary sulfonamides is 1. The zero-order valence-electron chi connectivity index (χ0n) is 12.7. The van der Waals surface area contributed by atoms with Gasteiger partial charge in [0.15, 0.2) is 0 Å². The number of likely N-dealkylation sites (N-methyl/N-ethyl adjacent to an activating group) is 1. The fourth-order valence-electron chi connectivity index (χ4n) is 2.50. The van der Waals surface area contributed by atoms with Gasteiger partial charge in [0.25, 0.3) is 10.0 Å². The van der Waals surface area contributed by atoms with Crippen molar-refractivity contribution in [2.24, 2.45) is 5.14 Å². The highest BCUT2D eigenvalue weighted by Gasteiger charge is 2.39. The smallest absolute Gasteiger partial charge is 0.252 e. The topological polar surface area (TPSA) is 130 Å². The maximum Gasteiger partial charge on any atom is 0.252 e. The van der Waals surface area contributed by atoms with Crippen molar-refractivity contribution >= 4 is 31.4 Å². The minimum atomic E-state index is -3.95. The van der Waals surface area contributed by atoms with E-state index >= 15 is 0 Å². The summed E-state index contributed by atoms with van der Waals surface area (Å²) in [5.41, 5.74) is 0.458. The Morgan fingerprint density at radius 3 is 2.74 bits per heavy atom. The van der Waals surface area contributed by atoms with Crippen LogP contribution in [0.3, 0.4) is 0 Å². The molecule has 1 aliphatic rings. The van der Waals surface area contributed by atoms with Gasteiger partial charge in [-0.05, 0) is 25.5 Å². The number of nitrogens with zero attached hydrogens (tertiary/aromatic N) is 1. The monoisotopic (exact) mass is 383 g/mol. The largest absolute Gasteiger partial charge is 0.396 e. The minimum absolute atomic E-state index is 0.00431. The van der Waals surface area contributed by atoms with Crippen molar-refractivity contribution in [3.8, 4) is 0 Å². The molecule has 0 fully saturated rings. The van der Waals surface area contributed by atoms with Crippen LogP contribution >= 0.6 is 11.3 Å². The molecule has 1 atom stereocenters. The number of fused-ring (bicyclic) bond motifs is 1. The third kappa shape index (κ3) is 3.92. The number of nitrogens with one attached hydrogen (secondary N) is 1. The van der Waals surface area contributed by atoms with Gasteiger partial charge >= 0.3 is 0 Å². The zero-order valence-corrected chi connectivity index (χ0v) is 15.2. The van der Waals surface area contributed by atoms with E-state index in [0.29, 0.717) is 36.3 Å². The predicted molar refractivity (Wildman–Crippen MR) is 87.2 cm³/mol. The molecule has 2 rings (SSSR count). The lowest BCUT2D eigenvalue weighted by atomic mass is 10.1. The highest BCUT2D eigenvalue weighted by atomic mass is 32.3. The molecule has 0 unspecified atom stereocenters. The van der Waals surface area contributed by atoms with Crippen molar-refractivity contribution in [2.45, 2.75) is 34.2 Å². The third-order valence-electron chi connectivity index (χ3n) is 3.58. The molecule has 132 valence electrons. The first-order chi connectivity index (χ1) is 10.7. The van der Waals surface area contributed by atoms with Crippen LogP contribution in [0.1, 0.15) is 31.4 Å². The lowest BCUT2D eigenvalue weighted by Gasteiger charge is -2.32. The van der Waals surface area contributed by atoms with Crippen LogP contribution in [0.4, 0.5) is 0 Å². The first-order valence-corrected chi connectivity index (χ1v) is 11.0. The molecule has 0 aromatic carbocycles. The summed E-state index contributed by atoms with van der Waals surface area (Å²) in [6, 6.07) is 1.07. The van der Waals surface area contributed by atoms with Gasteiger partial charge in [-0.3, -0.25) is 0 Å². The van der Waals surface area contributed by atoms with Crippen molar-refractivity contribution in [1.29, 1.82) is 0 Å². The zero-order chi connectivity index (χ0) is 17.3. The molecule has 1 aromatic heterocycles. The molecule has 0 saturated heterocycles. The molecule has 0 aliphatic carbocycles. The summed E-state index contributed by atoms with van der Waals surface area (Å²) < 4.78 is 49.7. The molecule has 11 heteroatoms. The Labute approximate surface area is 140 Å². The van der Waals surface area contributed by atoms with Gasteiger partial charge in [-0.25, -0.2) is 22.0 Å². The van der Waals surface area contributed by atoms with Crippen molar-refractivity contribution in [2.75, 3.05) is 26.2 Å². The molecule has 2 heterocycles. The molecule has 4 N–H and O–H groups in total. The summed E-state index contributed by atoms with van der Waals surface area (Å²) in [5, 5.41) is 17.2. The molecule has 0 bridgehead atoms. The normalized spacial score (nSPS) is 21.3. The molecular weight excluding hydrogens is 362 g/mol. The van der Waals surface area contributed by atoms with Gasteiger partial charge in [0.2, 0.25) is 10.0 Å². The van der Waals surface area contributed by atoms with Crippen LogP contribution in [-0.4, -0.2) is 52.5 Å². The van der Waals surface area contributed by atoms with Crippen LogP contribution in [0, 0.1) is 0 Å². The average Bonchev–Trinajstić information content (AvgIpc) is 2.90. The Balaban J connectivity index is 2.44. The Hall–Kier alpha value is -0.560. The molecule has 0 amide bonds. The van der Waals surface area contributed by atoms with E-state index < -0.39 is 20.0 Å². The van der Waals surface area contributed by atoms with Crippen LogP contribution < -0.4 is 10.5 Å². The summed E-state index contributed by atoms with van der Waals surface area (Å²) in [6.45, 7) is 3.04. The van der Waals surface area contributed by atoms with Crippen LogP contribution in [0.2, 0.25) is 0 Å². The highest BCUT2D eigenvalue weighted by molar-refractivity contribution is 7.94. The van der Waals surface area contributed by atoms with Crippen LogP contribution in [0.25, 0.3) is 0 Å². The fraction of sp³-hybridized carbons (Fsp3) is 0.667. The average molecular weight is 384 g/mol. The fourth-order valence-corrected chi connectivity index (χ4v) is 6.81. The van der Waals surface area contributed by atoms with E-state index in [1.807, 2.05) is 6.92 Å². The number of hydrogen-bond acceptors (Lipinski definition) is 7. The standard InChI is InChI=1S/C12H21N3O5S3/c1-2-14-10-8-15(5-3-4-6-16)23(19,20)12-9(10)7-11(21-12)22(13,17)18/h7,10,14,16H,2-6,8H2,1H3,(H2,13,17,18)/t10-/m0/s1. The first-order valence-electron chi connectivity index (χ1n) is 7.22. The number of aliphatic hydroxyl groups is 1. The molecule has 0 radical (unpaired) electrons. The second-order valence-corrected chi connectivity index (χ2v) is 10.2. The van der Waals surface area contributed by atoms with Gasteiger partial charge in [0.1, 0.15) is 8.42 Å². The van der Waals surface area contributed by atoms with E-state index in [-0.39, 0.29) is 34.2 Å². The van der Waals surface area contributed by atoms with E-state index in [4.69, 9.17) is 10.2 Å². The molecule has 1 aliphatic heterocycles. The van der Waals surface area contributed by atoms with Crippen molar-refractivity contribution in [3.63, 3.8) is 0 Å². The van der Waals surface area contributed by atoms with Gasteiger partial charge in [0.05, 0.1) is 0 Å². The number of thiophene rings is 1. The second kappa shape index (κ2) is 7.13. The number of sulfonamides is 2. The van der Waals surface area contributed by atoms with Crippen molar-refractivity contribution in [3.05, 3.63) is 11.6 Å². The molecule has 0 saturated carbocycles. The van der Waals surface area contributed by atoms with Gasteiger partial charge in [-0.1, -0.05) is 6.92 Å². The Bertz CT molecular complexity index is 757. The predicted octanol–water partition coefficient (Wildman–Crippen LogP) is -0.177. The summed E-state index contributed by atoms with van der Waals surface area (Å²) in [5.74, 6) is 0. The SMILES string of the molecule is CCN[C@H]1CN(CCCCO)S(=O)(=O)c2sc(S(N)(=O)=O)cc21. The van der Waals surface area contributed by atoms with E-state index in [2.05, 4.69) is 5.32 Å². The molecule has 0 spiro atoms. The maximum atomic E-state index is 12.7. The lowest BCUT2D eigenvalue weighted by molar-refractivity contribution is 0.271. The van der Waals surface area contributed by atoms with E-state index in [0.717, 1.165) is 0 Å². The maximum absolute atomic E-state index is 12.7. The lowest BCUT2D eigenvalue weighted by Crippen LogP contribution is -2.43. The van der Waals surface area contributed by atoms with Crippen LogP contribution in [0.15, 0.2) is 14.5 Å². The molecule has 8 nitrogen and oxygen atoms in total. The summed E-state index contributed by atoms with van der Waals surface area (Å²) >= 11 is 0.690. The first kappa shape index (κ1) is 18.8. The van der Waals surface area contributed by atoms with Crippen LogP contribution in [0.5, 0.6) is 0 Å². The quantitative estimate of drug-likeness (QED) is 0.560. The summed E-state index contributed by atoms with van der Waals surface area (Å²) in [7, 11) is -7.69. The Kier molecular flexibility index (Phi) is 5.82. The minimum Gasteiger partial charge on any atom is -0.396 e. The summed E-state index contributed by atoms with van der Waals surface area (Å²) in [4.78, 5) is 0. The van der Waals surface area contributed by atoms with E-state index in [1.54, 1.807) is 0 Å². The van der Waals surface area contributed by atoms with Gasteiger partial charge < -0.3 is 10.4 Å². The number of aliphatic hydroxyl groups excluding tert-OH is 1. The van der Waals surface area contributed by atoms with Gasteiger partial charge in [-0.15, -0.1) is 11.3 Å². The number of hydrogen-bond donors (Lipinski definition) is 3. The second-order valence-electron chi connectivity index (χ2n) is 5.26. The number of nitrogens with two attached hydrogens (primary N) is 1. The molecule has 23 heavy (non-hydrogen) atoms. The van der Waals surface area contributed by atoms with Crippen molar-refractivity contribution in [1.82, 2.24) is 9.62 Å². The summed E-state index contributed by atoms with van der Waals surface area (Å²) in [6.07, 6.45) is 1.05.